The number of nitrogens with zero attached hydrogens (tertiary/aromatic N) is 1. The zero-order valence-electron chi connectivity index (χ0n) is 6.71. The molecule has 0 fully saturated rings. The Morgan fingerprint density at radius 2 is 2.17 bits per heavy atom. The molecule has 60 valence electrons. The summed E-state index contributed by atoms with van der Waals surface area (Å²) >= 11 is 0. The van der Waals surface area contributed by atoms with E-state index in [1.807, 2.05) is 25.1 Å². The Balaban J connectivity index is 2.88. The summed E-state index contributed by atoms with van der Waals surface area (Å²) in [6.07, 6.45) is 1.24. The fourth-order valence-electron chi connectivity index (χ4n) is 1.27. The minimum atomic E-state index is -0.281. The number of pyridine rings is 1. The molecule has 12 heavy (non-hydrogen) atoms. The summed E-state index contributed by atoms with van der Waals surface area (Å²) in [5.41, 5.74) is 1.90. The molecule has 0 aliphatic heterocycles. The molecule has 2 rings (SSSR count). The molecule has 0 aliphatic rings. The highest BCUT2D eigenvalue weighted by Gasteiger charge is 1.98. The van der Waals surface area contributed by atoms with Gasteiger partial charge in [0.25, 0.3) is 0 Å². The molecule has 1 aromatic carbocycles. The summed E-state index contributed by atoms with van der Waals surface area (Å²) in [6.45, 7) is 1.95. The van der Waals surface area contributed by atoms with Crippen LogP contribution in [-0.2, 0) is 0 Å². The van der Waals surface area contributed by atoms with E-state index in [4.69, 9.17) is 0 Å². The molecule has 0 N–H and O–H groups in total. The van der Waals surface area contributed by atoms with Crippen LogP contribution >= 0.6 is 0 Å². The number of hydrogen-bond acceptors (Lipinski definition) is 1. The highest BCUT2D eigenvalue weighted by molar-refractivity contribution is 5.81. The minimum absolute atomic E-state index is 0.281. The summed E-state index contributed by atoms with van der Waals surface area (Å²) in [7, 11) is 0. The molecule has 1 aromatic heterocycles. The average molecular weight is 161 g/mol. The molecule has 0 amide bonds. The molecule has 0 unspecified atom stereocenters. The van der Waals surface area contributed by atoms with E-state index in [2.05, 4.69) is 4.98 Å². The molecule has 0 aliphatic carbocycles. The molecule has 1 heterocycles. The standard InChI is InChI=1S/C10H8FN/c1-7-3-2-4-10-9(7)5-8(11)6-12-10/h2-6H,1H3. The second kappa shape index (κ2) is 2.55. The van der Waals surface area contributed by atoms with Crippen molar-refractivity contribution < 1.29 is 4.39 Å². The highest BCUT2D eigenvalue weighted by Crippen LogP contribution is 2.16. The first-order valence-corrected chi connectivity index (χ1v) is 3.78. The van der Waals surface area contributed by atoms with Crippen molar-refractivity contribution in [1.29, 1.82) is 0 Å². The van der Waals surface area contributed by atoms with Crippen LogP contribution in [-0.4, -0.2) is 4.98 Å². The predicted molar refractivity (Wildman–Crippen MR) is 46.4 cm³/mol. The first-order chi connectivity index (χ1) is 5.77. The predicted octanol–water partition coefficient (Wildman–Crippen LogP) is 2.68. The fraction of sp³-hybridized carbons (Fsp3) is 0.100. The van der Waals surface area contributed by atoms with Crippen LogP contribution in [0.25, 0.3) is 10.9 Å². The van der Waals surface area contributed by atoms with E-state index in [0.717, 1.165) is 16.5 Å². The van der Waals surface area contributed by atoms with Gasteiger partial charge in [0.05, 0.1) is 11.7 Å². The zero-order chi connectivity index (χ0) is 8.55. The normalized spacial score (nSPS) is 10.5. The minimum Gasteiger partial charge on any atom is -0.253 e. The monoisotopic (exact) mass is 161 g/mol. The van der Waals surface area contributed by atoms with Gasteiger partial charge in [0.2, 0.25) is 0 Å². The van der Waals surface area contributed by atoms with Gasteiger partial charge in [-0.1, -0.05) is 12.1 Å². The molecular weight excluding hydrogens is 153 g/mol. The van der Waals surface area contributed by atoms with Gasteiger partial charge in [0, 0.05) is 5.39 Å². The second-order valence-corrected chi connectivity index (χ2v) is 2.80. The van der Waals surface area contributed by atoms with Crippen molar-refractivity contribution >= 4 is 10.9 Å². The maximum Gasteiger partial charge on any atom is 0.142 e. The van der Waals surface area contributed by atoms with Gasteiger partial charge in [-0.05, 0) is 24.6 Å². The Bertz CT molecular complexity index is 423. The Morgan fingerprint density at radius 3 is 3.00 bits per heavy atom. The van der Waals surface area contributed by atoms with Gasteiger partial charge >= 0.3 is 0 Å². The van der Waals surface area contributed by atoms with Gasteiger partial charge in [-0.2, -0.15) is 0 Å². The van der Waals surface area contributed by atoms with Crippen molar-refractivity contribution in [2.75, 3.05) is 0 Å². The fourth-order valence-corrected chi connectivity index (χ4v) is 1.27. The van der Waals surface area contributed by atoms with E-state index < -0.39 is 0 Å². The Labute approximate surface area is 69.9 Å². The maximum atomic E-state index is 12.8. The highest BCUT2D eigenvalue weighted by atomic mass is 19.1. The lowest BCUT2D eigenvalue weighted by molar-refractivity contribution is 0.624. The van der Waals surface area contributed by atoms with Gasteiger partial charge < -0.3 is 0 Å². The van der Waals surface area contributed by atoms with Crippen LogP contribution in [0.4, 0.5) is 4.39 Å². The molecule has 2 aromatic rings. The van der Waals surface area contributed by atoms with E-state index in [1.54, 1.807) is 0 Å². The van der Waals surface area contributed by atoms with E-state index in [0.29, 0.717) is 0 Å². The lowest BCUT2D eigenvalue weighted by atomic mass is 10.1. The molecule has 0 atom stereocenters. The Kier molecular flexibility index (Phi) is 1.54. The molecule has 0 radical (unpaired) electrons. The van der Waals surface area contributed by atoms with Crippen molar-refractivity contribution in [2.24, 2.45) is 0 Å². The largest absolute Gasteiger partial charge is 0.253 e. The number of halogens is 1. The van der Waals surface area contributed by atoms with Crippen LogP contribution in [0.5, 0.6) is 0 Å². The molecule has 2 heteroatoms. The van der Waals surface area contributed by atoms with Gasteiger partial charge in [0.1, 0.15) is 5.82 Å². The summed E-state index contributed by atoms with van der Waals surface area (Å²) in [4.78, 5) is 3.97. The van der Waals surface area contributed by atoms with E-state index >= 15 is 0 Å². The number of benzene rings is 1. The Morgan fingerprint density at radius 1 is 1.33 bits per heavy atom. The number of rotatable bonds is 0. The molecule has 0 saturated heterocycles. The number of aryl methyl sites for hydroxylation is 1. The van der Waals surface area contributed by atoms with Gasteiger partial charge in [0.15, 0.2) is 0 Å². The summed E-state index contributed by atoms with van der Waals surface area (Å²) in [6, 6.07) is 7.26. The van der Waals surface area contributed by atoms with Crippen LogP contribution in [0.3, 0.4) is 0 Å². The molecule has 0 saturated carbocycles. The van der Waals surface area contributed by atoms with Crippen molar-refractivity contribution in [3.8, 4) is 0 Å². The first-order valence-electron chi connectivity index (χ1n) is 3.78. The topological polar surface area (TPSA) is 12.9 Å². The van der Waals surface area contributed by atoms with Crippen molar-refractivity contribution in [3.63, 3.8) is 0 Å². The number of aromatic nitrogens is 1. The summed E-state index contributed by atoms with van der Waals surface area (Å²) in [5.74, 6) is -0.281. The lowest BCUT2D eigenvalue weighted by Gasteiger charge is -1.99. The van der Waals surface area contributed by atoms with Gasteiger partial charge in [-0.15, -0.1) is 0 Å². The SMILES string of the molecule is Cc1cccc2ncc(F)cc12. The zero-order valence-corrected chi connectivity index (χ0v) is 6.71. The van der Waals surface area contributed by atoms with Crippen LogP contribution < -0.4 is 0 Å². The third-order valence-corrected chi connectivity index (χ3v) is 1.91. The molecule has 0 bridgehead atoms. The average Bonchev–Trinajstić information content (AvgIpc) is 2.07. The van der Waals surface area contributed by atoms with Crippen LogP contribution in [0.15, 0.2) is 30.5 Å². The molecule has 0 spiro atoms. The lowest BCUT2D eigenvalue weighted by Crippen LogP contribution is -1.83. The van der Waals surface area contributed by atoms with Crippen LogP contribution in [0.2, 0.25) is 0 Å². The first kappa shape index (κ1) is 7.22. The number of fused-ring (bicyclic) bond motifs is 1. The van der Waals surface area contributed by atoms with E-state index in [1.165, 1.54) is 12.3 Å². The Hall–Kier alpha value is -1.44. The number of hydrogen-bond donors (Lipinski definition) is 0. The van der Waals surface area contributed by atoms with Crippen molar-refractivity contribution in [3.05, 3.63) is 41.8 Å². The van der Waals surface area contributed by atoms with Gasteiger partial charge in [-0.3, -0.25) is 4.98 Å². The maximum absolute atomic E-state index is 12.8. The summed E-state index contributed by atoms with van der Waals surface area (Å²) in [5, 5.41) is 0.887. The summed E-state index contributed by atoms with van der Waals surface area (Å²) < 4.78 is 12.8. The quantitative estimate of drug-likeness (QED) is 0.578. The molecular formula is C10H8FN. The third kappa shape index (κ3) is 1.05. The van der Waals surface area contributed by atoms with Crippen molar-refractivity contribution in [2.45, 2.75) is 6.92 Å². The molecule has 1 nitrogen and oxygen atoms in total. The van der Waals surface area contributed by atoms with E-state index in [-0.39, 0.29) is 5.82 Å². The van der Waals surface area contributed by atoms with Crippen LogP contribution in [0, 0.1) is 12.7 Å². The third-order valence-electron chi connectivity index (χ3n) is 1.91. The van der Waals surface area contributed by atoms with Crippen molar-refractivity contribution in [1.82, 2.24) is 4.98 Å². The van der Waals surface area contributed by atoms with E-state index in [9.17, 15) is 4.39 Å². The van der Waals surface area contributed by atoms with Crippen LogP contribution in [0.1, 0.15) is 5.56 Å². The smallest absolute Gasteiger partial charge is 0.142 e. The second-order valence-electron chi connectivity index (χ2n) is 2.80. The van der Waals surface area contributed by atoms with Gasteiger partial charge in [-0.25, -0.2) is 4.39 Å².